The van der Waals surface area contributed by atoms with Crippen molar-refractivity contribution in [3.8, 4) is 5.75 Å². The van der Waals surface area contributed by atoms with Crippen LogP contribution in [0.3, 0.4) is 0 Å². The molecule has 0 aromatic heterocycles. The zero-order valence-electron chi connectivity index (χ0n) is 19.6. The van der Waals surface area contributed by atoms with Crippen molar-refractivity contribution in [3.05, 3.63) is 54.1 Å². The van der Waals surface area contributed by atoms with Gasteiger partial charge in [0.25, 0.3) is 0 Å². The van der Waals surface area contributed by atoms with Crippen LogP contribution in [0.1, 0.15) is 44.1 Å². The number of ether oxygens (including phenoxy) is 1. The number of rotatable bonds is 7. The Balaban J connectivity index is 1.21. The minimum Gasteiger partial charge on any atom is -0.404 e. The Hall–Kier alpha value is -2.26. The fraction of sp³-hybridized carbons (Fsp3) is 0.538. The number of piperidine rings is 1. The lowest BCUT2D eigenvalue weighted by atomic mass is 9.78. The molecule has 9 heteroatoms. The fourth-order valence-corrected chi connectivity index (χ4v) is 6.98. The maximum atomic E-state index is 13.2. The zero-order chi connectivity index (χ0) is 24.7. The van der Waals surface area contributed by atoms with Gasteiger partial charge in [0.2, 0.25) is 10.0 Å². The lowest BCUT2D eigenvalue weighted by Gasteiger charge is -2.38. The molecule has 1 saturated carbocycles. The van der Waals surface area contributed by atoms with Crippen LogP contribution in [0.5, 0.6) is 5.75 Å². The van der Waals surface area contributed by atoms with Crippen molar-refractivity contribution in [2.75, 3.05) is 31.1 Å². The third kappa shape index (κ3) is 5.61. The summed E-state index contributed by atoms with van der Waals surface area (Å²) in [4.78, 5) is 1.93. The van der Waals surface area contributed by atoms with Crippen LogP contribution < -0.4 is 9.64 Å². The van der Waals surface area contributed by atoms with Gasteiger partial charge in [0.1, 0.15) is 10.6 Å². The Morgan fingerprint density at radius 2 is 1.60 bits per heavy atom. The number of hydrogen-bond donors (Lipinski definition) is 0. The molecular weight excluding hydrogens is 477 g/mol. The van der Waals surface area contributed by atoms with E-state index in [-0.39, 0.29) is 18.5 Å². The average Bonchev–Trinajstić information content (AvgIpc) is 3.57. The number of sulfonamides is 1. The summed E-state index contributed by atoms with van der Waals surface area (Å²) in [5, 5.41) is 0. The summed E-state index contributed by atoms with van der Waals surface area (Å²) in [6.45, 7) is 2.37. The first kappa shape index (κ1) is 24.4. The summed E-state index contributed by atoms with van der Waals surface area (Å²) in [6, 6.07) is 13.8. The molecule has 0 radical (unpaired) electrons. The SMILES string of the molecule is O=S(=O)(c1ccccc1OC(F)(F)F)N1CCC2(CCN(c3ccc(CCC4CC4)cc3)C2)CC1. The summed E-state index contributed by atoms with van der Waals surface area (Å²) in [5.41, 5.74) is 2.60. The maximum absolute atomic E-state index is 13.2. The third-order valence-corrected chi connectivity index (χ3v) is 9.69. The van der Waals surface area contributed by atoms with Crippen molar-refractivity contribution in [2.24, 2.45) is 11.3 Å². The van der Waals surface area contributed by atoms with Crippen molar-refractivity contribution in [1.82, 2.24) is 4.31 Å². The predicted octanol–water partition coefficient (Wildman–Crippen LogP) is 5.61. The summed E-state index contributed by atoms with van der Waals surface area (Å²) in [7, 11) is -4.09. The molecule has 1 spiro atoms. The van der Waals surface area contributed by atoms with Gasteiger partial charge in [-0.05, 0) is 73.3 Å². The van der Waals surface area contributed by atoms with Crippen LogP contribution >= 0.6 is 0 Å². The number of nitrogens with zero attached hydrogens (tertiary/aromatic N) is 2. The lowest BCUT2D eigenvalue weighted by Crippen LogP contribution is -2.44. The highest BCUT2D eigenvalue weighted by molar-refractivity contribution is 7.89. The van der Waals surface area contributed by atoms with Gasteiger partial charge in [-0.2, -0.15) is 4.31 Å². The first-order valence-corrected chi connectivity index (χ1v) is 13.8. The zero-order valence-corrected chi connectivity index (χ0v) is 20.5. The van der Waals surface area contributed by atoms with Gasteiger partial charge in [0.05, 0.1) is 0 Å². The Morgan fingerprint density at radius 3 is 2.26 bits per heavy atom. The van der Waals surface area contributed by atoms with Gasteiger partial charge in [-0.25, -0.2) is 8.42 Å². The molecule has 0 amide bonds. The number of alkyl halides is 3. The van der Waals surface area contributed by atoms with E-state index in [0.29, 0.717) is 12.8 Å². The van der Waals surface area contributed by atoms with E-state index in [2.05, 4.69) is 33.9 Å². The van der Waals surface area contributed by atoms with Crippen molar-refractivity contribution >= 4 is 15.7 Å². The molecule has 3 fully saturated rings. The topological polar surface area (TPSA) is 49.9 Å². The largest absolute Gasteiger partial charge is 0.573 e. The van der Waals surface area contributed by atoms with Gasteiger partial charge in [-0.15, -0.1) is 13.2 Å². The molecule has 190 valence electrons. The first-order valence-electron chi connectivity index (χ1n) is 12.3. The number of aryl methyl sites for hydroxylation is 1. The molecule has 5 nitrogen and oxygen atoms in total. The van der Waals surface area contributed by atoms with Crippen LogP contribution in [0.25, 0.3) is 0 Å². The second-order valence-electron chi connectivity index (χ2n) is 10.2. The van der Waals surface area contributed by atoms with E-state index in [0.717, 1.165) is 37.9 Å². The molecule has 5 rings (SSSR count). The molecule has 0 unspecified atom stereocenters. The Bertz CT molecular complexity index is 1140. The van der Waals surface area contributed by atoms with E-state index in [9.17, 15) is 21.6 Å². The molecule has 2 aromatic rings. The van der Waals surface area contributed by atoms with Crippen LogP contribution in [-0.4, -0.2) is 45.3 Å². The number of halogens is 3. The monoisotopic (exact) mass is 508 g/mol. The molecule has 0 bridgehead atoms. The third-order valence-electron chi connectivity index (χ3n) is 7.75. The van der Waals surface area contributed by atoms with Gasteiger partial charge in [0.15, 0.2) is 0 Å². The van der Waals surface area contributed by atoms with E-state index in [1.807, 2.05) is 0 Å². The molecular formula is C26H31F3N2O3S. The van der Waals surface area contributed by atoms with Crippen molar-refractivity contribution in [1.29, 1.82) is 0 Å². The minimum absolute atomic E-state index is 0.0264. The van der Waals surface area contributed by atoms with E-state index in [1.54, 1.807) is 0 Å². The molecule has 35 heavy (non-hydrogen) atoms. The smallest absolute Gasteiger partial charge is 0.404 e. The van der Waals surface area contributed by atoms with E-state index >= 15 is 0 Å². The molecule has 0 atom stereocenters. The molecule has 0 N–H and O–H groups in total. The number of para-hydroxylation sites is 1. The number of hydrogen-bond acceptors (Lipinski definition) is 4. The molecule has 2 aromatic carbocycles. The Morgan fingerprint density at radius 1 is 0.943 bits per heavy atom. The van der Waals surface area contributed by atoms with Gasteiger partial charge < -0.3 is 9.64 Å². The highest BCUT2D eigenvalue weighted by Crippen LogP contribution is 2.43. The van der Waals surface area contributed by atoms with Crippen LogP contribution in [0.2, 0.25) is 0 Å². The van der Waals surface area contributed by atoms with Crippen LogP contribution in [0.4, 0.5) is 18.9 Å². The Labute approximate surface area is 204 Å². The number of anilines is 1. The molecule has 2 saturated heterocycles. The van der Waals surface area contributed by atoms with Crippen molar-refractivity contribution < 1.29 is 26.3 Å². The van der Waals surface area contributed by atoms with Gasteiger partial charge in [-0.1, -0.05) is 37.1 Å². The summed E-state index contributed by atoms with van der Waals surface area (Å²) in [6.07, 6.45) is 2.56. The quantitative estimate of drug-likeness (QED) is 0.488. The normalized spacial score (nSPS) is 20.9. The van der Waals surface area contributed by atoms with Crippen LogP contribution in [-0.2, 0) is 16.4 Å². The second-order valence-corrected chi connectivity index (χ2v) is 12.1. The highest BCUT2D eigenvalue weighted by Gasteiger charge is 2.44. The van der Waals surface area contributed by atoms with Crippen molar-refractivity contribution in [3.63, 3.8) is 0 Å². The van der Waals surface area contributed by atoms with Gasteiger partial charge in [-0.3, -0.25) is 0 Å². The summed E-state index contributed by atoms with van der Waals surface area (Å²) < 4.78 is 70.0. The predicted molar refractivity (Wildman–Crippen MR) is 128 cm³/mol. The molecule has 3 aliphatic rings. The molecule has 2 aliphatic heterocycles. The fourth-order valence-electron chi connectivity index (χ4n) is 5.43. The molecule has 2 heterocycles. The van der Waals surface area contributed by atoms with E-state index < -0.39 is 27.0 Å². The minimum atomic E-state index is -4.96. The van der Waals surface area contributed by atoms with Crippen LogP contribution in [0, 0.1) is 11.3 Å². The Kier molecular flexibility index (Phi) is 6.50. The number of benzene rings is 2. The summed E-state index contributed by atoms with van der Waals surface area (Å²) in [5.74, 6) is 0.237. The summed E-state index contributed by atoms with van der Waals surface area (Å²) >= 11 is 0. The highest BCUT2D eigenvalue weighted by atomic mass is 32.2. The average molecular weight is 509 g/mol. The lowest BCUT2D eigenvalue weighted by molar-refractivity contribution is -0.275. The molecule has 1 aliphatic carbocycles. The maximum Gasteiger partial charge on any atom is 0.573 e. The van der Waals surface area contributed by atoms with Crippen LogP contribution in [0.15, 0.2) is 53.4 Å². The second kappa shape index (κ2) is 9.32. The standard InChI is InChI=1S/C26H31F3N2O3S/c27-26(28,29)34-23-3-1-2-4-24(23)35(32,33)31-17-14-25(15-18-31)13-16-30(19-25)22-11-9-21(10-12-22)8-7-20-5-6-20/h1-4,9-12,20H,5-8,13-19H2. The first-order chi connectivity index (χ1) is 16.6. The van der Waals surface area contributed by atoms with Gasteiger partial charge in [0, 0.05) is 31.9 Å². The van der Waals surface area contributed by atoms with Crippen molar-refractivity contribution in [2.45, 2.75) is 56.2 Å². The van der Waals surface area contributed by atoms with E-state index in [1.165, 1.54) is 53.0 Å². The van der Waals surface area contributed by atoms with Gasteiger partial charge >= 0.3 is 6.36 Å². The van der Waals surface area contributed by atoms with E-state index in [4.69, 9.17) is 0 Å².